The molecule has 1 aromatic carbocycles. The molecule has 24 heavy (non-hydrogen) atoms. The smallest absolute Gasteiger partial charge is 0.335 e. The fourth-order valence-corrected chi connectivity index (χ4v) is 2.03. The van der Waals surface area contributed by atoms with Gasteiger partial charge >= 0.3 is 6.18 Å². The number of nitrogens with zero attached hydrogens (tertiary/aromatic N) is 1. The first-order chi connectivity index (χ1) is 11.2. The first-order valence-corrected chi connectivity index (χ1v) is 6.96. The molecule has 2 aromatic rings. The van der Waals surface area contributed by atoms with Gasteiger partial charge in [0.05, 0.1) is 18.2 Å². The van der Waals surface area contributed by atoms with Crippen LogP contribution < -0.4 is 11.0 Å². The third-order valence-corrected chi connectivity index (χ3v) is 2.99. The fraction of sp³-hybridized carbons (Fsp3) is 0.143. The summed E-state index contributed by atoms with van der Waals surface area (Å²) in [6, 6.07) is 5.67. The minimum Gasteiger partial charge on any atom is -0.335 e. The van der Waals surface area contributed by atoms with Gasteiger partial charge in [-0.15, -0.1) is 0 Å². The highest BCUT2D eigenvalue weighted by Gasteiger charge is 2.30. The number of rotatable bonds is 4. The van der Waals surface area contributed by atoms with Gasteiger partial charge in [-0.2, -0.15) is 18.3 Å². The first kappa shape index (κ1) is 17.6. The average Bonchev–Trinajstić information content (AvgIpc) is 2.45. The van der Waals surface area contributed by atoms with Crippen LogP contribution in [0.4, 0.5) is 13.2 Å². The summed E-state index contributed by atoms with van der Waals surface area (Å²) in [5.41, 5.74) is 1.37. The Morgan fingerprint density at radius 3 is 2.71 bits per heavy atom. The third-order valence-electron chi connectivity index (χ3n) is 2.78. The molecule has 0 unspecified atom stereocenters. The Balaban J connectivity index is 2.00. The van der Waals surface area contributed by atoms with Crippen molar-refractivity contribution in [1.82, 2.24) is 15.4 Å². The maximum atomic E-state index is 12.6. The van der Waals surface area contributed by atoms with E-state index in [2.05, 4.69) is 20.5 Å². The van der Waals surface area contributed by atoms with Crippen LogP contribution in [0.25, 0.3) is 0 Å². The van der Waals surface area contributed by atoms with Crippen molar-refractivity contribution in [1.29, 1.82) is 0 Å². The Bertz CT molecular complexity index is 858. The second kappa shape index (κ2) is 7.21. The van der Waals surface area contributed by atoms with Crippen LogP contribution in [0.1, 0.15) is 16.8 Å². The van der Waals surface area contributed by atoms with Crippen LogP contribution in [0.3, 0.4) is 0 Å². The fourth-order valence-electron chi connectivity index (χ4n) is 1.80. The largest absolute Gasteiger partial charge is 0.416 e. The van der Waals surface area contributed by atoms with Crippen LogP contribution in [0, 0.1) is 4.77 Å². The highest BCUT2D eigenvalue weighted by molar-refractivity contribution is 7.71. The van der Waals surface area contributed by atoms with E-state index in [0.717, 1.165) is 18.3 Å². The maximum Gasteiger partial charge on any atom is 0.416 e. The molecule has 10 heteroatoms. The SMILES string of the molecule is O=C(Cc1cc(=O)[nH]c(=S)[nH]1)N/N=C\c1cccc(C(F)(F)F)c1. The molecule has 6 nitrogen and oxygen atoms in total. The lowest BCUT2D eigenvalue weighted by molar-refractivity contribution is -0.137. The topological polar surface area (TPSA) is 90.1 Å². The maximum absolute atomic E-state index is 12.6. The quantitative estimate of drug-likeness (QED) is 0.445. The van der Waals surface area contributed by atoms with Gasteiger partial charge in [-0.05, 0) is 29.9 Å². The number of aromatic amines is 2. The van der Waals surface area contributed by atoms with Crippen LogP contribution in [0.2, 0.25) is 0 Å². The van der Waals surface area contributed by atoms with Crippen molar-refractivity contribution in [3.63, 3.8) is 0 Å². The van der Waals surface area contributed by atoms with E-state index in [-0.39, 0.29) is 22.4 Å². The predicted octanol–water partition coefficient (Wildman–Crippen LogP) is 2.14. The summed E-state index contributed by atoms with van der Waals surface area (Å²) in [6.45, 7) is 0. The molecule has 3 N–H and O–H groups in total. The van der Waals surface area contributed by atoms with Crippen molar-refractivity contribution >= 4 is 24.3 Å². The predicted molar refractivity (Wildman–Crippen MR) is 83.1 cm³/mol. The van der Waals surface area contributed by atoms with E-state index in [4.69, 9.17) is 12.2 Å². The van der Waals surface area contributed by atoms with Crippen molar-refractivity contribution in [2.24, 2.45) is 5.10 Å². The summed E-state index contributed by atoms with van der Waals surface area (Å²) < 4.78 is 37.8. The number of carbonyl (C=O) groups is 1. The molecule has 0 bridgehead atoms. The van der Waals surface area contributed by atoms with Crippen LogP contribution in [0.15, 0.2) is 40.2 Å². The molecule has 0 saturated heterocycles. The van der Waals surface area contributed by atoms with Gasteiger partial charge in [-0.25, -0.2) is 5.43 Å². The Kier molecular flexibility index (Phi) is 5.29. The second-order valence-electron chi connectivity index (χ2n) is 4.71. The van der Waals surface area contributed by atoms with Gasteiger partial charge in [0.15, 0.2) is 4.77 Å². The second-order valence-corrected chi connectivity index (χ2v) is 5.11. The zero-order valence-electron chi connectivity index (χ0n) is 12.0. The van der Waals surface area contributed by atoms with Crippen molar-refractivity contribution in [2.45, 2.75) is 12.6 Å². The van der Waals surface area contributed by atoms with Gasteiger partial charge in [-0.1, -0.05) is 12.1 Å². The highest BCUT2D eigenvalue weighted by atomic mass is 32.1. The molecule has 0 aliphatic carbocycles. The summed E-state index contributed by atoms with van der Waals surface area (Å²) in [5, 5.41) is 3.59. The van der Waals surface area contributed by atoms with Crippen molar-refractivity contribution in [2.75, 3.05) is 0 Å². The van der Waals surface area contributed by atoms with Gasteiger partial charge in [0.1, 0.15) is 0 Å². The number of hydrogen-bond donors (Lipinski definition) is 3. The van der Waals surface area contributed by atoms with Gasteiger partial charge < -0.3 is 4.98 Å². The molecule has 0 aliphatic rings. The van der Waals surface area contributed by atoms with Gasteiger partial charge in [0.25, 0.3) is 5.56 Å². The van der Waals surface area contributed by atoms with Crippen LogP contribution >= 0.6 is 12.2 Å². The Hall–Kier alpha value is -2.75. The summed E-state index contributed by atoms with van der Waals surface area (Å²) in [4.78, 5) is 27.8. The Labute approximate surface area is 138 Å². The summed E-state index contributed by atoms with van der Waals surface area (Å²) in [5.74, 6) is -0.561. The number of hydrogen-bond acceptors (Lipinski definition) is 4. The number of nitrogens with one attached hydrogen (secondary N) is 3. The van der Waals surface area contributed by atoms with Crippen LogP contribution in [-0.4, -0.2) is 22.1 Å². The van der Waals surface area contributed by atoms with E-state index in [1.54, 1.807) is 0 Å². The van der Waals surface area contributed by atoms with Crippen molar-refractivity contribution in [3.8, 4) is 0 Å². The van der Waals surface area contributed by atoms with Crippen LogP contribution in [-0.2, 0) is 17.4 Å². The van der Waals surface area contributed by atoms with E-state index in [0.29, 0.717) is 0 Å². The molecule has 1 amide bonds. The van der Waals surface area contributed by atoms with E-state index < -0.39 is 23.2 Å². The average molecular weight is 356 g/mol. The molecule has 126 valence electrons. The van der Waals surface area contributed by atoms with Gasteiger partial charge in [-0.3, -0.25) is 14.6 Å². The molecule has 0 atom stereocenters. The van der Waals surface area contributed by atoms with E-state index >= 15 is 0 Å². The van der Waals surface area contributed by atoms with E-state index in [1.165, 1.54) is 18.2 Å². The normalized spacial score (nSPS) is 11.6. The van der Waals surface area contributed by atoms with E-state index in [1.807, 2.05) is 0 Å². The lowest BCUT2D eigenvalue weighted by Gasteiger charge is -2.06. The molecular weight excluding hydrogens is 345 g/mol. The zero-order chi connectivity index (χ0) is 17.7. The number of carbonyl (C=O) groups excluding carboxylic acids is 1. The van der Waals surface area contributed by atoms with E-state index in [9.17, 15) is 22.8 Å². The Morgan fingerprint density at radius 2 is 2.04 bits per heavy atom. The van der Waals surface area contributed by atoms with Crippen molar-refractivity contribution < 1.29 is 18.0 Å². The number of aromatic nitrogens is 2. The number of halogens is 3. The van der Waals surface area contributed by atoms with Gasteiger partial charge in [0.2, 0.25) is 5.91 Å². The lowest BCUT2D eigenvalue weighted by atomic mass is 10.1. The number of hydrazone groups is 1. The first-order valence-electron chi connectivity index (χ1n) is 6.56. The Morgan fingerprint density at radius 1 is 1.29 bits per heavy atom. The summed E-state index contributed by atoms with van der Waals surface area (Å²) in [7, 11) is 0. The number of H-pyrrole nitrogens is 2. The molecule has 0 saturated carbocycles. The number of alkyl halides is 3. The third kappa shape index (κ3) is 5.16. The standard InChI is InChI=1S/C14H11F3N4O2S/c15-14(16,17)9-3-1-2-8(4-9)7-18-21-12(23)6-10-5-11(22)20-13(24)19-10/h1-5,7H,6H2,(H,21,23)(H2,19,20,22,24)/b18-7-. The molecule has 0 fully saturated rings. The highest BCUT2D eigenvalue weighted by Crippen LogP contribution is 2.29. The summed E-state index contributed by atoms with van der Waals surface area (Å²) in [6.07, 6.45) is -3.55. The molecular formula is C14H11F3N4O2S. The molecule has 1 aromatic heterocycles. The minimum atomic E-state index is -4.45. The summed E-state index contributed by atoms with van der Waals surface area (Å²) >= 11 is 4.77. The molecule has 0 radical (unpaired) electrons. The van der Waals surface area contributed by atoms with Gasteiger partial charge in [0, 0.05) is 11.8 Å². The molecule has 1 heterocycles. The molecule has 0 spiro atoms. The number of benzene rings is 1. The number of amides is 1. The molecule has 2 rings (SSSR count). The lowest BCUT2D eigenvalue weighted by Crippen LogP contribution is -2.21. The molecule has 0 aliphatic heterocycles. The van der Waals surface area contributed by atoms with Crippen LogP contribution in [0.5, 0.6) is 0 Å². The van der Waals surface area contributed by atoms with Crippen molar-refractivity contribution in [3.05, 3.63) is 62.3 Å². The minimum absolute atomic E-state index is 0.0813. The zero-order valence-corrected chi connectivity index (χ0v) is 12.8. The monoisotopic (exact) mass is 356 g/mol.